The van der Waals surface area contributed by atoms with Crippen molar-refractivity contribution in [1.82, 2.24) is 25.4 Å². The minimum atomic E-state index is -0.406. The number of hydrogen-bond donors (Lipinski definition) is 2. The third kappa shape index (κ3) is 5.02. The van der Waals surface area contributed by atoms with Crippen molar-refractivity contribution < 1.29 is 9.59 Å². The second kappa shape index (κ2) is 8.09. The first-order chi connectivity index (χ1) is 13.1. The smallest absolute Gasteiger partial charge is 0.289 e. The summed E-state index contributed by atoms with van der Waals surface area (Å²) in [5, 5.41) is 14.7. The number of nitrogens with one attached hydrogen (secondary N) is 2. The van der Waals surface area contributed by atoms with Crippen molar-refractivity contribution in [3.05, 3.63) is 5.82 Å². The Morgan fingerprint density at radius 3 is 2.50 bits per heavy atom. The van der Waals surface area contributed by atoms with Crippen LogP contribution in [0.2, 0.25) is 0 Å². The lowest BCUT2D eigenvalue weighted by molar-refractivity contribution is -0.129. The maximum Gasteiger partial charge on any atom is 0.289 e. The van der Waals surface area contributed by atoms with E-state index in [4.69, 9.17) is 0 Å². The van der Waals surface area contributed by atoms with E-state index in [9.17, 15) is 9.59 Å². The highest BCUT2D eigenvalue weighted by atomic mass is 16.2. The van der Waals surface area contributed by atoms with Gasteiger partial charge in [-0.25, -0.2) is 0 Å². The Kier molecular flexibility index (Phi) is 5.95. The topological polar surface area (TPSA) is 92.2 Å². The zero-order chi connectivity index (χ0) is 20.5. The van der Waals surface area contributed by atoms with Crippen molar-refractivity contribution in [2.75, 3.05) is 18.0 Å². The van der Waals surface area contributed by atoms with Gasteiger partial charge in [0.1, 0.15) is 0 Å². The van der Waals surface area contributed by atoms with Gasteiger partial charge in [-0.2, -0.15) is 0 Å². The number of amides is 2. The lowest BCUT2D eigenvalue weighted by Gasteiger charge is -2.35. The number of hydrogen-bond acceptors (Lipinski definition) is 5. The molecule has 8 nitrogen and oxygen atoms in total. The Morgan fingerprint density at radius 2 is 1.89 bits per heavy atom. The summed E-state index contributed by atoms with van der Waals surface area (Å²) in [5.41, 5.74) is -0.406. The second-order valence-electron chi connectivity index (χ2n) is 9.51. The van der Waals surface area contributed by atoms with E-state index < -0.39 is 5.41 Å². The molecule has 3 rings (SSSR count). The van der Waals surface area contributed by atoms with E-state index in [1.54, 1.807) is 0 Å². The van der Waals surface area contributed by atoms with E-state index in [0.29, 0.717) is 18.3 Å². The predicted molar refractivity (Wildman–Crippen MR) is 108 cm³/mol. The van der Waals surface area contributed by atoms with Gasteiger partial charge in [0.25, 0.3) is 5.91 Å². The van der Waals surface area contributed by atoms with E-state index in [1.165, 1.54) is 12.8 Å². The average molecular weight is 391 g/mol. The number of anilines is 1. The number of piperidine rings is 1. The van der Waals surface area contributed by atoms with Crippen LogP contribution < -0.4 is 15.5 Å². The van der Waals surface area contributed by atoms with Gasteiger partial charge in [-0.15, -0.1) is 10.2 Å². The van der Waals surface area contributed by atoms with Crippen molar-refractivity contribution in [3.8, 4) is 0 Å². The van der Waals surface area contributed by atoms with Gasteiger partial charge in [0, 0.05) is 37.1 Å². The molecule has 156 valence electrons. The molecule has 2 amide bonds. The van der Waals surface area contributed by atoms with Gasteiger partial charge in [0.15, 0.2) is 0 Å². The molecule has 1 aromatic rings. The first-order valence-electron chi connectivity index (χ1n) is 10.4. The summed E-state index contributed by atoms with van der Waals surface area (Å²) >= 11 is 0. The maximum atomic E-state index is 12.6. The van der Waals surface area contributed by atoms with Crippen molar-refractivity contribution >= 4 is 17.8 Å². The van der Waals surface area contributed by atoms with E-state index in [0.717, 1.165) is 31.9 Å². The molecule has 0 radical (unpaired) electrons. The molecule has 1 atom stereocenters. The minimum absolute atomic E-state index is 0.0500. The highest BCUT2D eigenvalue weighted by Crippen LogP contribution is 2.33. The van der Waals surface area contributed by atoms with Gasteiger partial charge in [-0.1, -0.05) is 20.8 Å². The van der Waals surface area contributed by atoms with Gasteiger partial charge >= 0.3 is 0 Å². The summed E-state index contributed by atoms with van der Waals surface area (Å²) in [7, 11) is 0. The van der Waals surface area contributed by atoms with E-state index in [2.05, 4.69) is 25.7 Å². The van der Waals surface area contributed by atoms with Gasteiger partial charge in [-0.3, -0.25) is 14.2 Å². The monoisotopic (exact) mass is 390 g/mol. The standard InChI is InChI=1S/C20H34N6O2/c1-13(2)21-17(27)16-23-24-19(26(16)11-14-8-9-14)25-10-6-7-15(12-25)22-18(28)20(3,4)5/h13-15H,6-12H2,1-5H3,(H,21,27)(H,22,28). The molecule has 28 heavy (non-hydrogen) atoms. The number of nitrogens with zero attached hydrogens (tertiary/aromatic N) is 4. The highest BCUT2D eigenvalue weighted by Gasteiger charge is 2.32. The van der Waals surface area contributed by atoms with Crippen molar-refractivity contribution in [1.29, 1.82) is 0 Å². The van der Waals surface area contributed by atoms with Crippen LogP contribution in [0, 0.1) is 11.3 Å². The van der Waals surface area contributed by atoms with Gasteiger partial charge in [-0.05, 0) is 45.4 Å². The Balaban J connectivity index is 1.77. The van der Waals surface area contributed by atoms with Crippen molar-refractivity contribution in [2.45, 2.75) is 78.9 Å². The second-order valence-corrected chi connectivity index (χ2v) is 9.51. The average Bonchev–Trinajstić information content (AvgIpc) is 3.30. The van der Waals surface area contributed by atoms with Crippen LogP contribution >= 0.6 is 0 Å². The molecule has 1 saturated carbocycles. The third-order valence-electron chi connectivity index (χ3n) is 5.21. The molecule has 8 heteroatoms. The number of carbonyl (C=O) groups excluding carboxylic acids is 2. The molecule has 2 heterocycles. The lowest BCUT2D eigenvalue weighted by Crippen LogP contribution is -2.51. The molecular weight excluding hydrogens is 356 g/mol. The van der Waals surface area contributed by atoms with E-state index in [-0.39, 0.29) is 23.9 Å². The summed E-state index contributed by atoms with van der Waals surface area (Å²) in [6.07, 6.45) is 4.30. The quantitative estimate of drug-likeness (QED) is 0.775. The fourth-order valence-electron chi connectivity index (χ4n) is 3.43. The molecule has 1 aromatic heterocycles. The number of aromatic nitrogens is 3. The molecule has 1 unspecified atom stereocenters. The molecule has 2 fully saturated rings. The zero-order valence-corrected chi connectivity index (χ0v) is 17.8. The molecule has 1 aliphatic carbocycles. The van der Waals surface area contributed by atoms with Crippen LogP contribution in [0.5, 0.6) is 0 Å². The van der Waals surface area contributed by atoms with Crippen LogP contribution in [-0.2, 0) is 11.3 Å². The van der Waals surface area contributed by atoms with Crippen LogP contribution in [0.1, 0.15) is 70.9 Å². The van der Waals surface area contributed by atoms with Crippen LogP contribution in [0.4, 0.5) is 5.95 Å². The normalized spacial score (nSPS) is 20.4. The Morgan fingerprint density at radius 1 is 1.18 bits per heavy atom. The Hall–Kier alpha value is -2.12. The first kappa shape index (κ1) is 20.6. The van der Waals surface area contributed by atoms with Crippen LogP contribution in [0.25, 0.3) is 0 Å². The molecule has 2 aliphatic rings. The molecule has 0 spiro atoms. The fourth-order valence-corrected chi connectivity index (χ4v) is 3.43. The van der Waals surface area contributed by atoms with Crippen LogP contribution in [0.15, 0.2) is 0 Å². The molecular formula is C20H34N6O2. The van der Waals surface area contributed by atoms with E-state index in [1.807, 2.05) is 39.2 Å². The van der Waals surface area contributed by atoms with E-state index >= 15 is 0 Å². The van der Waals surface area contributed by atoms with Crippen molar-refractivity contribution in [3.63, 3.8) is 0 Å². The molecule has 2 N–H and O–H groups in total. The third-order valence-corrected chi connectivity index (χ3v) is 5.21. The molecule has 0 aromatic carbocycles. The Bertz CT molecular complexity index is 717. The van der Waals surface area contributed by atoms with Crippen molar-refractivity contribution in [2.24, 2.45) is 11.3 Å². The summed E-state index contributed by atoms with van der Waals surface area (Å²) in [6, 6.07) is 0.133. The number of rotatable bonds is 6. The maximum absolute atomic E-state index is 12.6. The SMILES string of the molecule is CC(C)NC(=O)c1nnc(N2CCCC(NC(=O)C(C)(C)C)C2)n1CC1CC1. The Labute approximate surface area is 167 Å². The minimum Gasteiger partial charge on any atom is -0.351 e. The summed E-state index contributed by atoms with van der Waals surface area (Å²) in [6.45, 7) is 12.0. The highest BCUT2D eigenvalue weighted by molar-refractivity contribution is 5.91. The van der Waals surface area contributed by atoms with Gasteiger partial charge in [0.05, 0.1) is 0 Å². The summed E-state index contributed by atoms with van der Waals surface area (Å²) in [4.78, 5) is 27.1. The molecule has 1 aliphatic heterocycles. The molecule has 0 bridgehead atoms. The predicted octanol–water partition coefficient (Wildman–Crippen LogP) is 1.96. The summed E-state index contributed by atoms with van der Waals surface area (Å²) in [5.74, 6) is 1.62. The van der Waals surface area contributed by atoms with Crippen LogP contribution in [-0.4, -0.2) is 51.8 Å². The largest absolute Gasteiger partial charge is 0.351 e. The van der Waals surface area contributed by atoms with Crippen LogP contribution in [0.3, 0.4) is 0 Å². The lowest BCUT2D eigenvalue weighted by atomic mass is 9.94. The van der Waals surface area contributed by atoms with Gasteiger partial charge < -0.3 is 15.5 Å². The first-order valence-corrected chi connectivity index (χ1v) is 10.4. The fraction of sp³-hybridized carbons (Fsp3) is 0.800. The number of carbonyl (C=O) groups is 2. The van der Waals surface area contributed by atoms with Gasteiger partial charge in [0.2, 0.25) is 17.7 Å². The zero-order valence-electron chi connectivity index (χ0n) is 17.8. The molecule has 1 saturated heterocycles. The summed E-state index contributed by atoms with van der Waals surface area (Å²) < 4.78 is 1.98.